The van der Waals surface area contributed by atoms with Crippen LogP contribution < -0.4 is 5.32 Å². The molecule has 4 nitrogen and oxygen atoms in total. The number of carbonyl (C=O) groups is 1. The number of aromatic hydroxyl groups is 1. The van der Waals surface area contributed by atoms with E-state index in [0.717, 1.165) is 31.6 Å². The second kappa shape index (κ2) is 7.29. The van der Waals surface area contributed by atoms with E-state index in [9.17, 15) is 9.90 Å². The van der Waals surface area contributed by atoms with E-state index in [1.807, 2.05) is 13.0 Å². The van der Waals surface area contributed by atoms with Gasteiger partial charge in [-0.25, -0.2) is 0 Å². The fraction of sp³-hybridized carbons (Fsp3) is 0.562. The summed E-state index contributed by atoms with van der Waals surface area (Å²) in [4.78, 5) is 14.5. The van der Waals surface area contributed by atoms with Crippen LogP contribution in [0.2, 0.25) is 0 Å². The van der Waals surface area contributed by atoms with E-state index in [1.54, 1.807) is 12.1 Å². The SMILES string of the molecule is CCc1ccc(O)c(C(=O)NCCN2CCCCC2)c1. The Bertz CT molecular complexity index is 454. The molecule has 1 fully saturated rings. The highest BCUT2D eigenvalue weighted by Gasteiger charge is 2.13. The Morgan fingerprint density at radius 2 is 2.05 bits per heavy atom. The van der Waals surface area contributed by atoms with Crippen molar-refractivity contribution in [1.82, 2.24) is 10.2 Å². The van der Waals surface area contributed by atoms with Gasteiger partial charge in [0, 0.05) is 13.1 Å². The van der Waals surface area contributed by atoms with Gasteiger partial charge in [-0.3, -0.25) is 4.79 Å². The van der Waals surface area contributed by atoms with Gasteiger partial charge >= 0.3 is 0 Å². The number of aryl methyl sites for hydroxylation is 1. The van der Waals surface area contributed by atoms with Crippen molar-refractivity contribution in [1.29, 1.82) is 0 Å². The minimum absolute atomic E-state index is 0.0534. The van der Waals surface area contributed by atoms with Crippen LogP contribution in [0.25, 0.3) is 0 Å². The Labute approximate surface area is 120 Å². The maximum atomic E-state index is 12.1. The van der Waals surface area contributed by atoms with Gasteiger partial charge in [-0.15, -0.1) is 0 Å². The van der Waals surface area contributed by atoms with Gasteiger partial charge in [0.25, 0.3) is 5.91 Å². The molecule has 1 heterocycles. The van der Waals surface area contributed by atoms with Crippen molar-refractivity contribution >= 4 is 5.91 Å². The molecule has 4 heteroatoms. The molecular weight excluding hydrogens is 252 g/mol. The molecule has 0 bridgehead atoms. The molecule has 1 aliphatic rings. The largest absolute Gasteiger partial charge is 0.507 e. The first kappa shape index (κ1) is 14.9. The van der Waals surface area contributed by atoms with Gasteiger partial charge in [-0.05, 0) is 50.0 Å². The van der Waals surface area contributed by atoms with Crippen molar-refractivity contribution < 1.29 is 9.90 Å². The molecule has 1 amide bonds. The first-order valence-corrected chi connectivity index (χ1v) is 7.53. The predicted octanol–water partition coefficient (Wildman–Crippen LogP) is 2.17. The molecule has 0 unspecified atom stereocenters. The number of likely N-dealkylation sites (tertiary alicyclic amines) is 1. The number of phenolic OH excluding ortho intramolecular Hbond substituents is 1. The number of nitrogens with zero attached hydrogens (tertiary/aromatic N) is 1. The highest BCUT2D eigenvalue weighted by molar-refractivity contribution is 5.96. The lowest BCUT2D eigenvalue weighted by Crippen LogP contribution is -2.37. The quantitative estimate of drug-likeness (QED) is 0.866. The lowest BCUT2D eigenvalue weighted by Gasteiger charge is -2.26. The van der Waals surface area contributed by atoms with Crippen molar-refractivity contribution in [3.63, 3.8) is 0 Å². The average molecular weight is 276 g/mol. The third-order valence-corrected chi connectivity index (χ3v) is 3.88. The summed E-state index contributed by atoms with van der Waals surface area (Å²) in [5.41, 5.74) is 1.44. The molecule has 0 aliphatic carbocycles. The standard InChI is InChI=1S/C16H24N2O2/c1-2-13-6-7-15(19)14(12-13)16(20)17-8-11-18-9-4-3-5-10-18/h6-7,12,19H,2-5,8-11H2,1H3,(H,17,20). The molecule has 0 saturated carbocycles. The topological polar surface area (TPSA) is 52.6 Å². The van der Waals surface area contributed by atoms with Crippen molar-refractivity contribution in [3.8, 4) is 5.75 Å². The fourth-order valence-corrected chi connectivity index (χ4v) is 2.59. The lowest BCUT2D eigenvalue weighted by atomic mass is 10.1. The van der Waals surface area contributed by atoms with E-state index in [0.29, 0.717) is 12.1 Å². The molecular formula is C16H24N2O2. The van der Waals surface area contributed by atoms with E-state index in [1.165, 1.54) is 19.3 Å². The second-order valence-electron chi connectivity index (χ2n) is 5.36. The predicted molar refractivity (Wildman–Crippen MR) is 80.1 cm³/mol. The second-order valence-corrected chi connectivity index (χ2v) is 5.36. The van der Waals surface area contributed by atoms with Gasteiger partial charge in [0.1, 0.15) is 5.75 Å². The Kier molecular flexibility index (Phi) is 5.41. The fourth-order valence-electron chi connectivity index (χ4n) is 2.59. The zero-order chi connectivity index (χ0) is 14.4. The number of phenols is 1. The number of benzene rings is 1. The molecule has 0 spiro atoms. The summed E-state index contributed by atoms with van der Waals surface area (Å²) in [5.74, 6) is -0.132. The number of piperidine rings is 1. The summed E-state index contributed by atoms with van der Waals surface area (Å²) in [6.07, 6.45) is 4.69. The van der Waals surface area contributed by atoms with E-state index >= 15 is 0 Å². The van der Waals surface area contributed by atoms with Gasteiger partial charge in [0.2, 0.25) is 0 Å². The number of hydrogen-bond donors (Lipinski definition) is 2. The monoisotopic (exact) mass is 276 g/mol. The van der Waals surface area contributed by atoms with Crippen LogP contribution in [-0.4, -0.2) is 42.1 Å². The van der Waals surface area contributed by atoms with Crippen LogP contribution in [0.5, 0.6) is 5.75 Å². The van der Waals surface area contributed by atoms with E-state index in [-0.39, 0.29) is 11.7 Å². The minimum Gasteiger partial charge on any atom is -0.507 e. The normalized spacial score (nSPS) is 16.1. The Morgan fingerprint density at radius 1 is 1.30 bits per heavy atom. The van der Waals surface area contributed by atoms with Crippen LogP contribution in [0.3, 0.4) is 0 Å². The molecule has 110 valence electrons. The van der Waals surface area contributed by atoms with Gasteiger partial charge < -0.3 is 15.3 Å². The zero-order valence-corrected chi connectivity index (χ0v) is 12.2. The molecule has 2 N–H and O–H groups in total. The van der Waals surface area contributed by atoms with Crippen molar-refractivity contribution in [2.75, 3.05) is 26.2 Å². The Hall–Kier alpha value is -1.55. The van der Waals surface area contributed by atoms with Crippen molar-refractivity contribution in [3.05, 3.63) is 29.3 Å². The first-order chi connectivity index (χ1) is 9.70. The van der Waals surface area contributed by atoms with Crippen molar-refractivity contribution in [2.24, 2.45) is 0 Å². The highest BCUT2D eigenvalue weighted by atomic mass is 16.3. The highest BCUT2D eigenvalue weighted by Crippen LogP contribution is 2.18. The molecule has 20 heavy (non-hydrogen) atoms. The molecule has 1 aliphatic heterocycles. The average Bonchev–Trinajstić information content (AvgIpc) is 2.48. The molecule has 0 radical (unpaired) electrons. The number of hydrogen-bond acceptors (Lipinski definition) is 3. The molecule has 1 saturated heterocycles. The van der Waals surface area contributed by atoms with Gasteiger partial charge in [0.05, 0.1) is 5.56 Å². The summed E-state index contributed by atoms with van der Waals surface area (Å²) in [6, 6.07) is 5.21. The summed E-state index contributed by atoms with van der Waals surface area (Å²) in [7, 11) is 0. The Balaban J connectivity index is 1.84. The summed E-state index contributed by atoms with van der Waals surface area (Å²) in [5, 5.41) is 12.7. The third kappa shape index (κ3) is 3.97. The maximum Gasteiger partial charge on any atom is 0.255 e. The van der Waals surface area contributed by atoms with Gasteiger partial charge in [-0.2, -0.15) is 0 Å². The molecule has 0 atom stereocenters. The molecule has 2 rings (SSSR count). The van der Waals surface area contributed by atoms with E-state index in [2.05, 4.69) is 10.2 Å². The minimum atomic E-state index is -0.185. The maximum absolute atomic E-state index is 12.1. The van der Waals surface area contributed by atoms with Gasteiger partial charge in [-0.1, -0.05) is 19.4 Å². The number of amides is 1. The van der Waals surface area contributed by atoms with Crippen LogP contribution in [0.15, 0.2) is 18.2 Å². The summed E-state index contributed by atoms with van der Waals surface area (Å²) in [6.45, 7) is 5.82. The van der Waals surface area contributed by atoms with Crippen LogP contribution >= 0.6 is 0 Å². The smallest absolute Gasteiger partial charge is 0.255 e. The Morgan fingerprint density at radius 3 is 2.75 bits per heavy atom. The van der Waals surface area contributed by atoms with Crippen LogP contribution in [0.1, 0.15) is 42.1 Å². The number of carbonyl (C=O) groups excluding carboxylic acids is 1. The van der Waals surface area contributed by atoms with Crippen LogP contribution in [0.4, 0.5) is 0 Å². The molecule has 1 aromatic rings. The number of nitrogens with one attached hydrogen (secondary N) is 1. The summed E-state index contributed by atoms with van der Waals surface area (Å²) < 4.78 is 0. The zero-order valence-electron chi connectivity index (χ0n) is 12.2. The van der Waals surface area contributed by atoms with Gasteiger partial charge in [0.15, 0.2) is 0 Å². The molecule has 1 aromatic carbocycles. The van der Waals surface area contributed by atoms with Crippen LogP contribution in [-0.2, 0) is 6.42 Å². The molecule has 0 aromatic heterocycles. The van der Waals surface area contributed by atoms with Crippen molar-refractivity contribution in [2.45, 2.75) is 32.6 Å². The van der Waals surface area contributed by atoms with E-state index in [4.69, 9.17) is 0 Å². The lowest BCUT2D eigenvalue weighted by molar-refractivity contribution is 0.0944. The third-order valence-electron chi connectivity index (χ3n) is 3.88. The summed E-state index contributed by atoms with van der Waals surface area (Å²) >= 11 is 0. The van der Waals surface area contributed by atoms with E-state index < -0.39 is 0 Å². The number of rotatable bonds is 5. The first-order valence-electron chi connectivity index (χ1n) is 7.53. The van der Waals surface area contributed by atoms with Crippen LogP contribution in [0, 0.1) is 0 Å².